The molecular weight excluding hydrogens is 148 g/mol. The van der Waals surface area contributed by atoms with E-state index in [4.69, 9.17) is 5.73 Å². The molecule has 0 radical (unpaired) electrons. The molecular formula is C10H14N2. The summed E-state index contributed by atoms with van der Waals surface area (Å²) >= 11 is 0. The first-order valence-corrected chi connectivity index (χ1v) is 3.89. The van der Waals surface area contributed by atoms with Gasteiger partial charge in [-0.2, -0.15) is 0 Å². The molecule has 0 aliphatic heterocycles. The van der Waals surface area contributed by atoms with Gasteiger partial charge in [0.2, 0.25) is 0 Å². The Balaban J connectivity index is 0.000000720. The van der Waals surface area contributed by atoms with Gasteiger partial charge in [0.1, 0.15) is 0 Å². The predicted molar refractivity (Wildman–Crippen MR) is 52.4 cm³/mol. The van der Waals surface area contributed by atoms with Crippen molar-refractivity contribution in [2.75, 3.05) is 5.73 Å². The molecule has 64 valence electrons. The van der Waals surface area contributed by atoms with Crippen molar-refractivity contribution in [3.8, 4) is 0 Å². The molecule has 0 saturated heterocycles. The monoisotopic (exact) mass is 162 g/mol. The fraction of sp³-hybridized carbons (Fsp3) is 0.200. The number of nitrogens with two attached hydrogens (primary N) is 1. The van der Waals surface area contributed by atoms with E-state index < -0.39 is 0 Å². The maximum atomic E-state index is 5.81. The standard InChI is InChI=1S/C10H11N.H3N/c11-10-7-3-5-8-4-1-2-6-9(8)10;/h1-3,5,7H,4,6,11H2;1H3. The number of benzene rings is 1. The molecule has 0 aromatic heterocycles. The summed E-state index contributed by atoms with van der Waals surface area (Å²) in [5.41, 5.74) is 9.44. The zero-order valence-corrected chi connectivity index (χ0v) is 7.09. The minimum Gasteiger partial charge on any atom is -0.398 e. The molecule has 0 heterocycles. The lowest BCUT2D eigenvalue weighted by molar-refractivity contribution is 1.10. The van der Waals surface area contributed by atoms with Crippen molar-refractivity contribution >= 4 is 5.69 Å². The lowest BCUT2D eigenvalue weighted by Crippen LogP contribution is -2.01. The van der Waals surface area contributed by atoms with E-state index in [0.29, 0.717) is 0 Å². The lowest BCUT2D eigenvalue weighted by atomic mass is 9.96. The van der Waals surface area contributed by atoms with Crippen LogP contribution >= 0.6 is 0 Å². The van der Waals surface area contributed by atoms with Crippen LogP contribution in [0.1, 0.15) is 11.1 Å². The Morgan fingerprint density at radius 2 is 1.83 bits per heavy atom. The Morgan fingerprint density at radius 3 is 2.58 bits per heavy atom. The second kappa shape index (κ2) is 3.41. The summed E-state index contributed by atoms with van der Waals surface area (Å²) < 4.78 is 0. The molecule has 1 aromatic rings. The van der Waals surface area contributed by atoms with E-state index in [1.807, 2.05) is 12.1 Å². The molecule has 1 aliphatic carbocycles. The fourth-order valence-electron chi connectivity index (χ4n) is 1.51. The maximum absolute atomic E-state index is 5.81. The second-order valence-electron chi connectivity index (χ2n) is 2.86. The van der Waals surface area contributed by atoms with Gasteiger partial charge in [0.15, 0.2) is 0 Å². The summed E-state index contributed by atoms with van der Waals surface area (Å²) in [6.07, 6.45) is 6.42. The molecule has 1 aromatic carbocycles. The number of anilines is 1. The normalized spacial score (nSPS) is 13.3. The van der Waals surface area contributed by atoms with Gasteiger partial charge in [-0.1, -0.05) is 24.3 Å². The summed E-state index contributed by atoms with van der Waals surface area (Å²) in [6, 6.07) is 6.14. The zero-order chi connectivity index (χ0) is 7.68. The smallest absolute Gasteiger partial charge is 0.0352 e. The SMILES string of the molecule is N.Nc1cccc2c1CC=CC2. The molecule has 0 unspecified atom stereocenters. The van der Waals surface area contributed by atoms with E-state index in [0.717, 1.165) is 18.5 Å². The minimum atomic E-state index is 0. The van der Waals surface area contributed by atoms with Gasteiger partial charge >= 0.3 is 0 Å². The van der Waals surface area contributed by atoms with Gasteiger partial charge in [-0.3, -0.25) is 0 Å². The van der Waals surface area contributed by atoms with Crippen molar-refractivity contribution in [2.24, 2.45) is 0 Å². The van der Waals surface area contributed by atoms with Crippen LogP contribution in [0, 0.1) is 0 Å². The van der Waals surface area contributed by atoms with Gasteiger partial charge in [0.05, 0.1) is 0 Å². The molecule has 0 saturated carbocycles. The van der Waals surface area contributed by atoms with Crippen LogP contribution in [0.25, 0.3) is 0 Å². The Kier molecular flexibility index (Phi) is 2.51. The number of nitrogen functional groups attached to an aromatic ring is 1. The Bertz CT molecular complexity index is 303. The van der Waals surface area contributed by atoms with Gasteiger partial charge in [-0.05, 0) is 30.0 Å². The summed E-state index contributed by atoms with van der Waals surface area (Å²) in [4.78, 5) is 0. The average molecular weight is 162 g/mol. The van der Waals surface area contributed by atoms with E-state index >= 15 is 0 Å². The molecule has 5 N–H and O–H groups in total. The number of fused-ring (bicyclic) bond motifs is 1. The molecule has 1 aliphatic rings. The first-order valence-electron chi connectivity index (χ1n) is 3.89. The van der Waals surface area contributed by atoms with E-state index in [1.54, 1.807) is 0 Å². The third-order valence-corrected chi connectivity index (χ3v) is 2.14. The van der Waals surface area contributed by atoms with Crippen molar-refractivity contribution in [3.63, 3.8) is 0 Å². The summed E-state index contributed by atoms with van der Waals surface area (Å²) in [6.45, 7) is 0. The Labute approximate surface area is 72.7 Å². The Morgan fingerprint density at radius 1 is 1.08 bits per heavy atom. The van der Waals surface area contributed by atoms with Crippen LogP contribution in [-0.4, -0.2) is 0 Å². The van der Waals surface area contributed by atoms with E-state index in [2.05, 4.69) is 18.2 Å². The largest absolute Gasteiger partial charge is 0.398 e. The lowest BCUT2D eigenvalue weighted by Gasteiger charge is -2.12. The van der Waals surface area contributed by atoms with Crippen LogP contribution in [0.15, 0.2) is 30.4 Å². The highest BCUT2D eigenvalue weighted by Gasteiger charge is 2.05. The third-order valence-electron chi connectivity index (χ3n) is 2.14. The highest BCUT2D eigenvalue weighted by atomic mass is 14.6. The van der Waals surface area contributed by atoms with Gasteiger partial charge in [0.25, 0.3) is 0 Å². The number of hydrogen-bond acceptors (Lipinski definition) is 2. The number of allylic oxidation sites excluding steroid dienone is 2. The van der Waals surface area contributed by atoms with Crippen LogP contribution in [-0.2, 0) is 12.8 Å². The highest BCUT2D eigenvalue weighted by molar-refractivity contribution is 5.53. The number of rotatable bonds is 0. The summed E-state index contributed by atoms with van der Waals surface area (Å²) in [5.74, 6) is 0. The quantitative estimate of drug-likeness (QED) is 0.453. The van der Waals surface area contributed by atoms with Crippen molar-refractivity contribution in [2.45, 2.75) is 12.8 Å². The third kappa shape index (κ3) is 1.34. The van der Waals surface area contributed by atoms with Crippen molar-refractivity contribution in [1.29, 1.82) is 0 Å². The molecule has 0 bridgehead atoms. The molecule has 2 nitrogen and oxygen atoms in total. The topological polar surface area (TPSA) is 61.0 Å². The fourth-order valence-corrected chi connectivity index (χ4v) is 1.51. The molecule has 0 atom stereocenters. The summed E-state index contributed by atoms with van der Waals surface area (Å²) in [7, 11) is 0. The maximum Gasteiger partial charge on any atom is 0.0352 e. The molecule has 12 heavy (non-hydrogen) atoms. The second-order valence-corrected chi connectivity index (χ2v) is 2.86. The van der Waals surface area contributed by atoms with E-state index in [1.165, 1.54) is 11.1 Å². The van der Waals surface area contributed by atoms with E-state index in [-0.39, 0.29) is 6.15 Å². The molecule has 2 rings (SSSR count). The molecule has 0 spiro atoms. The highest BCUT2D eigenvalue weighted by Crippen LogP contribution is 2.21. The number of hydrogen-bond donors (Lipinski definition) is 2. The van der Waals surface area contributed by atoms with Crippen LogP contribution in [0.5, 0.6) is 0 Å². The first kappa shape index (κ1) is 8.81. The van der Waals surface area contributed by atoms with Crippen LogP contribution in [0.2, 0.25) is 0 Å². The summed E-state index contributed by atoms with van der Waals surface area (Å²) in [5, 5.41) is 0. The van der Waals surface area contributed by atoms with Crippen molar-refractivity contribution in [1.82, 2.24) is 6.15 Å². The molecule has 0 amide bonds. The zero-order valence-electron chi connectivity index (χ0n) is 7.09. The molecule has 2 heteroatoms. The van der Waals surface area contributed by atoms with Gasteiger partial charge in [-0.25, -0.2) is 0 Å². The van der Waals surface area contributed by atoms with Crippen LogP contribution in [0.4, 0.5) is 5.69 Å². The minimum absolute atomic E-state index is 0. The van der Waals surface area contributed by atoms with E-state index in [9.17, 15) is 0 Å². The van der Waals surface area contributed by atoms with Gasteiger partial charge in [0, 0.05) is 5.69 Å². The average Bonchev–Trinajstić information content (AvgIpc) is 2.06. The Hall–Kier alpha value is -1.28. The molecule has 0 fully saturated rings. The van der Waals surface area contributed by atoms with Crippen LogP contribution in [0.3, 0.4) is 0 Å². The van der Waals surface area contributed by atoms with Crippen molar-refractivity contribution in [3.05, 3.63) is 41.5 Å². The van der Waals surface area contributed by atoms with Crippen molar-refractivity contribution < 1.29 is 0 Å². The van der Waals surface area contributed by atoms with Gasteiger partial charge in [-0.15, -0.1) is 0 Å². The first-order chi connectivity index (χ1) is 5.38. The predicted octanol–water partition coefficient (Wildman–Crippen LogP) is 2.09. The van der Waals surface area contributed by atoms with Gasteiger partial charge < -0.3 is 11.9 Å². The van der Waals surface area contributed by atoms with Crippen LogP contribution < -0.4 is 11.9 Å².